The normalized spacial score (nSPS) is 10.5. The van der Waals surface area contributed by atoms with E-state index >= 15 is 0 Å². The molecule has 3 rings (SSSR count). The molecular formula is C19H17N3O2S. The summed E-state index contributed by atoms with van der Waals surface area (Å²) in [7, 11) is 0. The third kappa shape index (κ3) is 3.32. The van der Waals surface area contributed by atoms with Gasteiger partial charge in [-0.1, -0.05) is 41.9 Å². The number of nitriles is 1. The van der Waals surface area contributed by atoms with Crippen molar-refractivity contribution >= 4 is 22.2 Å². The SMILES string of the molecule is CCc1c(C)sc(NC(=O)c2cc(-c3ccc(C)cc3)on2)c1C#N. The Bertz CT molecular complexity index is 962. The highest BCUT2D eigenvalue weighted by Gasteiger charge is 2.19. The number of anilines is 1. The van der Waals surface area contributed by atoms with Crippen LogP contribution in [0.5, 0.6) is 0 Å². The molecule has 25 heavy (non-hydrogen) atoms. The van der Waals surface area contributed by atoms with Gasteiger partial charge in [0.15, 0.2) is 11.5 Å². The second-order valence-corrected chi connectivity index (χ2v) is 6.93. The first-order valence-corrected chi connectivity index (χ1v) is 8.72. The van der Waals surface area contributed by atoms with Crippen LogP contribution in [0.3, 0.4) is 0 Å². The van der Waals surface area contributed by atoms with E-state index in [4.69, 9.17) is 4.52 Å². The number of rotatable bonds is 4. The molecule has 3 aromatic rings. The molecule has 0 saturated heterocycles. The van der Waals surface area contributed by atoms with E-state index in [1.165, 1.54) is 11.3 Å². The molecule has 0 aliphatic carbocycles. The Labute approximate surface area is 149 Å². The van der Waals surface area contributed by atoms with Crippen LogP contribution in [0.2, 0.25) is 0 Å². The molecule has 0 saturated carbocycles. The number of nitrogens with one attached hydrogen (secondary N) is 1. The zero-order valence-corrected chi connectivity index (χ0v) is 15.0. The van der Waals surface area contributed by atoms with Crippen LogP contribution in [-0.2, 0) is 6.42 Å². The minimum Gasteiger partial charge on any atom is -0.355 e. The second-order valence-electron chi connectivity index (χ2n) is 5.70. The predicted molar refractivity (Wildman–Crippen MR) is 97.8 cm³/mol. The number of aryl methyl sites for hydroxylation is 2. The van der Waals surface area contributed by atoms with Crippen LogP contribution in [0.25, 0.3) is 11.3 Å². The molecule has 2 heterocycles. The topological polar surface area (TPSA) is 78.9 Å². The van der Waals surface area contributed by atoms with Crippen molar-refractivity contribution in [3.05, 3.63) is 57.6 Å². The van der Waals surface area contributed by atoms with Gasteiger partial charge in [-0.05, 0) is 25.8 Å². The molecular weight excluding hydrogens is 334 g/mol. The summed E-state index contributed by atoms with van der Waals surface area (Å²) in [5.74, 6) is 0.143. The third-order valence-corrected chi connectivity index (χ3v) is 5.04. The first kappa shape index (κ1) is 16.9. The van der Waals surface area contributed by atoms with Gasteiger partial charge in [-0.15, -0.1) is 11.3 Å². The molecule has 1 aromatic carbocycles. The maximum absolute atomic E-state index is 12.5. The predicted octanol–water partition coefficient (Wildman–Crippen LogP) is 4.71. The van der Waals surface area contributed by atoms with Gasteiger partial charge in [0.2, 0.25) is 0 Å². The number of hydrogen-bond donors (Lipinski definition) is 1. The van der Waals surface area contributed by atoms with Crippen molar-refractivity contribution in [2.75, 3.05) is 5.32 Å². The zero-order chi connectivity index (χ0) is 18.0. The van der Waals surface area contributed by atoms with E-state index in [0.29, 0.717) is 16.3 Å². The molecule has 1 amide bonds. The van der Waals surface area contributed by atoms with Crippen LogP contribution in [0, 0.1) is 25.2 Å². The molecule has 0 bridgehead atoms. The molecule has 5 nitrogen and oxygen atoms in total. The largest absolute Gasteiger partial charge is 0.355 e. The summed E-state index contributed by atoms with van der Waals surface area (Å²) >= 11 is 1.41. The first-order chi connectivity index (χ1) is 12.0. The number of amides is 1. The van der Waals surface area contributed by atoms with Crippen LogP contribution in [0.15, 0.2) is 34.9 Å². The highest BCUT2D eigenvalue weighted by atomic mass is 32.1. The molecule has 1 N–H and O–H groups in total. The maximum Gasteiger partial charge on any atom is 0.278 e. The maximum atomic E-state index is 12.5. The molecule has 2 aromatic heterocycles. The summed E-state index contributed by atoms with van der Waals surface area (Å²) < 4.78 is 5.28. The van der Waals surface area contributed by atoms with E-state index in [0.717, 1.165) is 28.0 Å². The molecule has 0 spiro atoms. The highest BCUT2D eigenvalue weighted by Crippen LogP contribution is 2.33. The molecule has 0 aliphatic rings. The molecule has 0 atom stereocenters. The molecule has 0 aliphatic heterocycles. The second kappa shape index (κ2) is 6.91. The van der Waals surface area contributed by atoms with Crippen molar-refractivity contribution < 1.29 is 9.32 Å². The van der Waals surface area contributed by atoms with Crippen molar-refractivity contribution in [2.45, 2.75) is 27.2 Å². The summed E-state index contributed by atoms with van der Waals surface area (Å²) in [4.78, 5) is 13.5. The van der Waals surface area contributed by atoms with Gasteiger partial charge < -0.3 is 9.84 Å². The Kier molecular flexibility index (Phi) is 4.68. The summed E-state index contributed by atoms with van der Waals surface area (Å²) in [6.45, 7) is 5.95. The number of benzene rings is 1. The van der Waals surface area contributed by atoms with Crippen LogP contribution in [-0.4, -0.2) is 11.1 Å². The molecule has 6 heteroatoms. The molecule has 0 unspecified atom stereocenters. The first-order valence-electron chi connectivity index (χ1n) is 7.91. The van der Waals surface area contributed by atoms with E-state index in [9.17, 15) is 10.1 Å². The number of hydrogen-bond acceptors (Lipinski definition) is 5. The van der Waals surface area contributed by atoms with Crippen molar-refractivity contribution in [1.82, 2.24) is 5.16 Å². The number of nitrogens with zero attached hydrogens (tertiary/aromatic N) is 2. The van der Waals surface area contributed by atoms with Gasteiger partial charge in [-0.3, -0.25) is 4.79 Å². The monoisotopic (exact) mass is 351 g/mol. The summed E-state index contributed by atoms with van der Waals surface area (Å²) in [5.41, 5.74) is 3.69. The zero-order valence-electron chi connectivity index (χ0n) is 14.2. The van der Waals surface area contributed by atoms with E-state index in [1.54, 1.807) is 6.07 Å². The van der Waals surface area contributed by atoms with Crippen LogP contribution in [0.4, 0.5) is 5.00 Å². The van der Waals surface area contributed by atoms with Crippen molar-refractivity contribution in [2.24, 2.45) is 0 Å². The fourth-order valence-electron chi connectivity index (χ4n) is 2.61. The Morgan fingerprint density at radius 2 is 2.04 bits per heavy atom. The van der Waals surface area contributed by atoms with Gasteiger partial charge in [0.1, 0.15) is 11.1 Å². The number of carbonyl (C=O) groups excluding carboxylic acids is 1. The number of carbonyl (C=O) groups is 1. The Balaban J connectivity index is 1.83. The standard InChI is InChI=1S/C19H17N3O2S/c1-4-14-12(3)25-19(15(14)10-20)21-18(23)16-9-17(24-22-16)13-7-5-11(2)6-8-13/h5-9H,4H2,1-3H3,(H,21,23). The van der Waals surface area contributed by atoms with Gasteiger partial charge >= 0.3 is 0 Å². The van der Waals surface area contributed by atoms with Crippen LogP contribution < -0.4 is 5.32 Å². The van der Waals surface area contributed by atoms with Crippen LogP contribution >= 0.6 is 11.3 Å². The lowest BCUT2D eigenvalue weighted by Gasteiger charge is -2.00. The van der Waals surface area contributed by atoms with E-state index < -0.39 is 0 Å². The van der Waals surface area contributed by atoms with Gasteiger partial charge in [0, 0.05) is 16.5 Å². The lowest BCUT2D eigenvalue weighted by molar-refractivity contribution is 0.101. The molecule has 126 valence electrons. The van der Waals surface area contributed by atoms with Crippen LogP contribution in [0.1, 0.15) is 39.0 Å². The van der Waals surface area contributed by atoms with Crippen molar-refractivity contribution in [3.8, 4) is 17.4 Å². The third-order valence-electron chi connectivity index (χ3n) is 3.98. The molecule has 0 radical (unpaired) electrons. The average molecular weight is 351 g/mol. The smallest absolute Gasteiger partial charge is 0.278 e. The van der Waals surface area contributed by atoms with Gasteiger partial charge in [-0.2, -0.15) is 5.26 Å². The quantitative estimate of drug-likeness (QED) is 0.738. The summed E-state index contributed by atoms with van der Waals surface area (Å²) in [6, 6.07) is 11.6. The van der Waals surface area contributed by atoms with E-state index in [2.05, 4.69) is 16.5 Å². The lowest BCUT2D eigenvalue weighted by Crippen LogP contribution is -2.12. The average Bonchev–Trinajstić information content (AvgIpc) is 3.20. The van der Waals surface area contributed by atoms with Gasteiger partial charge in [0.25, 0.3) is 5.91 Å². The fraction of sp³-hybridized carbons (Fsp3) is 0.211. The number of aromatic nitrogens is 1. The Hall–Kier alpha value is -2.91. The van der Waals surface area contributed by atoms with E-state index in [1.807, 2.05) is 45.0 Å². The van der Waals surface area contributed by atoms with Crippen molar-refractivity contribution in [3.63, 3.8) is 0 Å². The Morgan fingerprint density at radius 3 is 2.68 bits per heavy atom. The molecule has 0 fully saturated rings. The van der Waals surface area contributed by atoms with Gasteiger partial charge in [0.05, 0.1) is 5.56 Å². The number of thiophene rings is 1. The summed E-state index contributed by atoms with van der Waals surface area (Å²) in [5, 5.41) is 16.6. The van der Waals surface area contributed by atoms with Gasteiger partial charge in [-0.25, -0.2) is 0 Å². The highest BCUT2D eigenvalue weighted by molar-refractivity contribution is 7.16. The van der Waals surface area contributed by atoms with E-state index in [-0.39, 0.29) is 11.6 Å². The minimum absolute atomic E-state index is 0.184. The van der Waals surface area contributed by atoms with Crippen molar-refractivity contribution in [1.29, 1.82) is 5.26 Å². The summed E-state index contributed by atoms with van der Waals surface area (Å²) in [6.07, 6.45) is 0.753. The lowest BCUT2D eigenvalue weighted by atomic mass is 10.1. The fourth-order valence-corrected chi connectivity index (χ4v) is 3.70. The minimum atomic E-state index is -0.387. The Morgan fingerprint density at radius 1 is 1.32 bits per heavy atom.